The van der Waals surface area contributed by atoms with Gasteiger partial charge < -0.3 is 5.32 Å². The summed E-state index contributed by atoms with van der Waals surface area (Å²) in [5.41, 5.74) is 0.695. The highest BCUT2D eigenvalue weighted by Gasteiger charge is 2.25. The van der Waals surface area contributed by atoms with Gasteiger partial charge in [0.1, 0.15) is 5.69 Å². The lowest BCUT2D eigenvalue weighted by molar-refractivity contribution is -0.384. The van der Waals surface area contributed by atoms with Crippen molar-refractivity contribution < 1.29 is 4.92 Å². The molecule has 0 amide bonds. The molecule has 1 rings (SSSR count). The summed E-state index contributed by atoms with van der Waals surface area (Å²) in [6.45, 7) is 6.97. The monoisotopic (exact) mass is 254 g/mol. The summed E-state index contributed by atoms with van der Waals surface area (Å²) < 4.78 is 1.57. The molecule has 0 aromatic carbocycles. The number of nitro groups is 1. The second kappa shape index (κ2) is 6.37. The number of nitrogens with one attached hydrogen (secondary N) is 1. The molecule has 6 nitrogen and oxygen atoms in total. The van der Waals surface area contributed by atoms with Gasteiger partial charge in [-0.05, 0) is 18.8 Å². The molecule has 1 heterocycles. The van der Waals surface area contributed by atoms with E-state index in [-0.39, 0.29) is 10.6 Å². The van der Waals surface area contributed by atoms with Crippen molar-refractivity contribution in [2.24, 2.45) is 13.0 Å². The molecule has 0 radical (unpaired) electrons. The Hall–Kier alpha value is -1.59. The van der Waals surface area contributed by atoms with Gasteiger partial charge in [-0.1, -0.05) is 27.2 Å². The van der Waals surface area contributed by atoms with Crippen LogP contribution in [0.3, 0.4) is 0 Å². The SMILES string of the molecule is CCCc1nn(C)c(NCCC(C)C)c1[N+](=O)[O-]. The Labute approximate surface area is 108 Å². The molecule has 6 heteroatoms. The van der Waals surface area contributed by atoms with Crippen LogP contribution in [0.2, 0.25) is 0 Å². The van der Waals surface area contributed by atoms with Crippen LogP contribution in [0.5, 0.6) is 0 Å². The van der Waals surface area contributed by atoms with Gasteiger partial charge in [-0.15, -0.1) is 0 Å². The van der Waals surface area contributed by atoms with Crippen LogP contribution in [-0.2, 0) is 13.5 Å². The smallest absolute Gasteiger partial charge is 0.333 e. The molecular weight excluding hydrogens is 232 g/mol. The fraction of sp³-hybridized carbons (Fsp3) is 0.750. The third kappa shape index (κ3) is 3.45. The maximum atomic E-state index is 11.1. The Morgan fingerprint density at radius 3 is 2.67 bits per heavy atom. The van der Waals surface area contributed by atoms with Crippen LogP contribution >= 0.6 is 0 Å². The second-order valence-corrected chi connectivity index (χ2v) is 4.88. The molecule has 0 spiro atoms. The van der Waals surface area contributed by atoms with Crippen LogP contribution in [0.4, 0.5) is 11.5 Å². The summed E-state index contributed by atoms with van der Waals surface area (Å²) in [5.74, 6) is 1.09. The minimum Gasteiger partial charge on any atom is -0.365 e. The minimum absolute atomic E-state index is 0.128. The van der Waals surface area contributed by atoms with Gasteiger partial charge in [-0.2, -0.15) is 5.10 Å². The van der Waals surface area contributed by atoms with E-state index in [1.54, 1.807) is 11.7 Å². The molecule has 1 aromatic heterocycles. The molecule has 0 atom stereocenters. The maximum Gasteiger partial charge on any atom is 0.333 e. The predicted octanol–water partition coefficient (Wildman–Crippen LogP) is 2.74. The first-order valence-electron chi connectivity index (χ1n) is 6.41. The number of aryl methyl sites for hydroxylation is 2. The summed E-state index contributed by atoms with van der Waals surface area (Å²) in [5, 5.41) is 18.5. The quantitative estimate of drug-likeness (QED) is 0.599. The van der Waals surface area contributed by atoms with Crippen molar-refractivity contribution in [1.82, 2.24) is 9.78 Å². The second-order valence-electron chi connectivity index (χ2n) is 4.88. The summed E-state index contributed by atoms with van der Waals surface area (Å²) in [7, 11) is 1.74. The standard InChI is InChI=1S/C12H22N4O2/c1-5-6-10-11(16(17)18)12(15(4)14-10)13-8-7-9(2)3/h9,13H,5-8H2,1-4H3. The molecule has 0 aliphatic carbocycles. The van der Waals surface area contributed by atoms with Gasteiger partial charge in [0.05, 0.1) is 4.92 Å². The lowest BCUT2D eigenvalue weighted by atomic mass is 10.1. The largest absolute Gasteiger partial charge is 0.365 e. The van der Waals surface area contributed by atoms with E-state index in [4.69, 9.17) is 0 Å². The highest BCUT2D eigenvalue weighted by atomic mass is 16.6. The third-order valence-corrected chi connectivity index (χ3v) is 2.78. The Bertz CT molecular complexity index is 412. The highest BCUT2D eigenvalue weighted by Crippen LogP contribution is 2.28. The zero-order chi connectivity index (χ0) is 13.7. The van der Waals surface area contributed by atoms with Crippen LogP contribution in [0.25, 0.3) is 0 Å². The normalized spacial score (nSPS) is 10.9. The summed E-state index contributed by atoms with van der Waals surface area (Å²) >= 11 is 0. The van der Waals surface area contributed by atoms with Crippen molar-refractivity contribution in [2.75, 3.05) is 11.9 Å². The maximum absolute atomic E-state index is 11.1. The molecule has 0 bridgehead atoms. The number of rotatable bonds is 7. The topological polar surface area (TPSA) is 73.0 Å². The molecule has 0 unspecified atom stereocenters. The van der Waals surface area contributed by atoms with E-state index in [0.29, 0.717) is 23.9 Å². The molecular formula is C12H22N4O2. The van der Waals surface area contributed by atoms with E-state index in [0.717, 1.165) is 19.4 Å². The molecule has 1 N–H and O–H groups in total. The van der Waals surface area contributed by atoms with Gasteiger partial charge in [-0.25, -0.2) is 4.68 Å². The Morgan fingerprint density at radius 2 is 2.17 bits per heavy atom. The van der Waals surface area contributed by atoms with Crippen molar-refractivity contribution in [3.8, 4) is 0 Å². The van der Waals surface area contributed by atoms with E-state index < -0.39 is 0 Å². The first-order chi connectivity index (χ1) is 8.47. The van der Waals surface area contributed by atoms with E-state index in [9.17, 15) is 10.1 Å². The zero-order valence-electron chi connectivity index (χ0n) is 11.6. The fourth-order valence-electron chi connectivity index (χ4n) is 1.84. The van der Waals surface area contributed by atoms with E-state index in [1.807, 2.05) is 6.92 Å². The number of anilines is 1. The highest BCUT2D eigenvalue weighted by molar-refractivity contribution is 5.59. The predicted molar refractivity (Wildman–Crippen MR) is 71.8 cm³/mol. The van der Waals surface area contributed by atoms with Gasteiger partial charge in [-0.3, -0.25) is 10.1 Å². The fourth-order valence-corrected chi connectivity index (χ4v) is 1.84. The van der Waals surface area contributed by atoms with Crippen molar-refractivity contribution in [3.63, 3.8) is 0 Å². The molecule has 18 heavy (non-hydrogen) atoms. The molecule has 0 aliphatic heterocycles. The number of hydrogen-bond donors (Lipinski definition) is 1. The van der Waals surface area contributed by atoms with Gasteiger partial charge >= 0.3 is 5.69 Å². The molecule has 0 saturated carbocycles. The van der Waals surface area contributed by atoms with Crippen LogP contribution in [0, 0.1) is 16.0 Å². The van der Waals surface area contributed by atoms with Gasteiger partial charge in [0.15, 0.2) is 0 Å². The van der Waals surface area contributed by atoms with Crippen molar-refractivity contribution in [1.29, 1.82) is 0 Å². The summed E-state index contributed by atoms with van der Waals surface area (Å²) in [6.07, 6.45) is 2.46. The third-order valence-electron chi connectivity index (χ3n) is 2.78. The van der Waals surface area contributed by atoms with Gasteiger partial charge in [0, 0.05) is 13.6 Å². The minimum atomic E-state index is -0.338. The first-order valence-corrected chi connectivity index (χ1v) is 6.41. The first kappa shape index (κ1) is 14.5. The molecule has 102 valence electrons. The lowest BCUT2D eigenvalue weighted by Crippen LogP contribution is -2.09. The van der Waals surface area contributed by atoms with Crippen molar-refractivity contribution in [3.05, 3.63) is 15.8 Å². The molecule has 1 aromatic rings. The lowest BCUT2D eigenvalue weighted by Gasteiger charge is -2.07. The molecule has 0 aliphatic rings. The Kier molecular flexibility index (Phi) is 5.12. The van der Waals surface area contributed by atoms with Crippen LogP contribution in [0.15, 0.2) is 0 Å². The van der Waals surface area contributed by atoms with Gasteiger partial charge in [0.25, 0.3) is 0 Å². The Morgan fingerprint density at radius 1 is 1.50 bits per heavy atom. The van der Waals surface area contributed by atoms with E-state index >= 15 is 0 Å². The summed E-state index contributed by atoms with van der Waals surface area (Å²) in [6, 6.07) is 0. The van der Waals surface area contributed by atoms with Crippen molar-refractivity contribution >= 4 is 11.5 Å². The zero-order valence-corrected chi connectivity index (χ0v) is 11.6. The van der Waals surface area contributed by atoms with Crippen molar-refractivity contribution in [2.45, 2.75) is 40.0 Å². The number of hydrogen-bond acceptors (Lipinski definition) is 4. The van der Waals surface area contributed by atoms with Crippen LogP contribution in [0.1, 0.15) is 39.3 Å². The number of aromatic nitrogens is 2. The molecule has 0 fully saturated rings. The van der Waals surface area contributed by atoms with Crippen LogP contribution < -0.4 is 5.32 Å². The Balaban J connectivity index is 2.91. The average molecular weight is 254 g/mol. The molecule has 0 saturated heterocycles. The average Bonchev–Trinajstić information content (AvgIpc) is 2.55. The van der Waals surface area contributed by atoms with Gasteiger partial charge in [0.2, 0.25) is 5.82 Å². The summed E-state index contributed by atoms with van der Waals surface area (Å²) in [4.78, 5) is 10.8. The number of nitrogens with zero attached hydrogens (tertiary/aromatic N) is 3. The van der Waals surface area contributed by atoms with E-state index in [2.05, 4.69) is 24.3 Å². The van der Waals surface area contributed by atoms with E-state index in [1.165, 1.54) is 0 Å². The van der Waals surface area contributed by atoms with Crippen LogP contribution in [-0.4, -0.2) is 21.2 Å².